The minimum Gasteiger partial charge on any atom is -0.411 e. The summed E-state index contributed by atoms with van der Waals surface area (Å²) >= 11 is 0. The van der Waals surface area contributed by atoms with Gasteiger partial charge >= 0.3 is 0 Å². The SMILES string of the molecule is CCC1CN(C(C)c2ccccc2)CC/C1=N\O. The third kappa shape index (κ3) is 2.72. The van der Waals surface area contributed by atoms with E-state index in [-0.39, 0.29) is 0 Å². The third-order valence-corrected chi connectivity index (χ3v) is 4.03. The van der Waals surface area contributed by atoms with Crippen molar-refractivity contribution in [3.05, 3.63) is 35.9 Å². The van der Waals surface area contributed by atoms with Crippen LogP contribution in [0.3, 0.4) is 0 Å². The van der Waals surface area contributed by atoms with Gasteiger partial charge in [0.2, 0.25) is 0 Å². The zero-order chi connectivity index (χ0) is 13.0. The van der Waals surface area contributed by atoms with Crippen LogP contribution in [0.2, 0.25) is 0 Å². The van der Waals surface area contributed by atoms with Crippen molar-refractivity contribution in [2.45, 2.75) is 32.7 Å². The van der Waals surface area contributed by atoms with Crippen LogP contribution in [0.25, 0.3) is 0 Å². The Hall–Kier alpha value is -1.35. The van der Waals surface area contributed by atoms with E-state index in [4.69, 9.17) is 5.21 Å². The van der Waals surface area contributed by atoms with E-state index in [1.807, 2.05) is 0 Å². The van der Waals surface area contributed by atoms with Crippen LogP contribution in [0.1, 0.15) is 38.3 Å². The topological polar surface area (TPSA) is 35.8 Å². The molecule has 1 fully saturated rings. The van der Waals surface area contributed by atoms with Crippen molar-refractivity contribution in [2.24, 2.45) is 11.1 Å². The Morgan fingerprint density at radius 2 is 2.11 bits per heavy atom. The Balaban J connectivity index is 2.07. The molecule has 3 nitrogen and oxygen atoms in total. The van der Waals surface area contributed by atoms with Crippen LogP contribution < -0.4 is 0 Å². The molecule has 0 bridgehead atoms. The van der Waals surface area contributed by atoms with Gasteiger partial charge in [-0.05, 0) is 18.9 Å². The second-order valence-corrected chi connectivity index (χ2v) is 5.03. The molecule has 1 aromatic carbocycles. The van der Waals surface area contributed by atoms with E-state index in [0.717, 1.165) is 31.6 Å². The molecule has 0 aliphatic carbocycles. The Bertz CT molecular complexity index is 402. The summed E-state index contributed by atoms with van der Waals surface area (Å²) < 4.78 is 0. The molecule has 0 amide bonds. The molecule has 1 saturated heterocycles. The third-order valence-electron chi connectivity index (χ3n) is 4.03. The standard InChI is InChI=1S/C15H22N2O/c1-3-13-11-17(10-9-15(13)16-18)12(2)14-7-5-4-6-8-14/h4-8,12-13,18H,3,9-11H2,1-2H3/b16-15+. The minimum atomic E-state index is 0.398. The molecule has 2 rings (SSSR count). The summed E-state index contributed by atoms with van der Waals surface area (Å²) in [7, 11) is 0. The molecule has 0 aromatic heterocycles. The molecule has 2 unspecified atom stereocenters. The van der Waals surface area contributed by atoms with Gasteiger partial charge in [0, 0.05) is 31.5 Å². The summed E-state index contributed by atoms with van der Waals surface area (Å²) in [4.78, 5) is 2.48. The predicted octanol–water partition coefficient (Wildman–Crippen LogP) is 3.31. The fourth-order valence-corrected chi connectivity index (χ4v) is 2.73. The van der Waals surface area contributed by atoms with Crippen LogP contribution in [0.4, 0.5) is 0 Å². The smallest absolute Gasteiger partial charge is 0.0627 e. The maximum absolute atomic E-state index is 9.00. The number of oxime groups is 1. The van der Waals surface area contributed by atoms with Gasteiger partial charge in [-0.1, -0.05) is 42.4 Å². The number of nitrogens with zero attached hydrogens (tertiary/aromatic N) is 2. The highest BCUT2D eigenvalue weighted by atomic mass is 16.4. The fourth-order valence-electron chi connectivity index (χ4n) is 2.73. The summed E-state index contributed by atoms with van der Waals surface area (Å²) in [5, 5.41) is 12.5. The lowest BCUT2D eigenvalue weighted by atomic mass is 9.91. The van der Waals surface area contributed by atoms with Crippen molar-refractivity contribution in [3.8, 4) is 0 Å². The normalized spacial score (nSPS) is 25.2. The number of piperidine rings is 1. The highest BCUT2D eigenvalue weighted by Crippen LogP contribution is 2.26. The van der Waals surface area contributed by atoms with Crippen LogP contribution in [-0.4, -0.2) is 28.9 Å². The van der Waals surface area contributed by atoms with Crippen molar-refractivity contribution in [3.63, 3.8) is 0 Å². The van der Waals surface area contributed by atoms with Gasteiger partial charge in [0.1, 0.15) is 0 Å². The number of benzene rings is 1. The lowest BCUT2D eigenvalue weighted by Crippen LogP contribution is -2.41. The highest BCUT2D eigenvalue weighted by Gasteiger charge is 2.27. The molecule has 1 N–H and O–H groups in total. The number of likely N-dealkylation sites (tertiary alicyclic amines) is 1. The molecule has 1 aliphatic rings. The summed E-state index contributed by atoms with van der Waals surface area (Å²) in [6.45, 7) is 6.38. The van der Waals surface area contributed by atoms with Gasteiger partial charge in [0.15, 0.2) is 0 Å². The summed E-state index contributed by atoms with van der Waals surface area (Å²) in [6, 6.07) is 11.0. The predicted molar refractivity (Wildman–Crippen MR) is 74.0 cm³/mol. The van der Waals surface area contributed by atoms with Gasteiger partial charge in [-0.2, -0.15) is 0 Å². The molecule has 1 aliphatic heterocycles. The zero-order valence-corrected chi connectivity index (χ0v) is 11.2. The van der Waals surface area contributed by atoms with E-state index in [9.17, 15) is 0 Å². The Kier molecular flexibility index (Phi) is 4.37. The monoisotopic (exact) mass is 246 g/mol. The first-order valence-electron chi connectivity index (χ1n) is 6.76. The Morgan fingerprint density at radius 3 is 2.72 bits per heavy atom. The average molecular weight is 246 g/mol. The van der Waals surface area contributed by atoms with Crippen LogP contribution in [0.5, 0.6) is 0 Å². The second-order valence-electron chi connectivity index (χ2n) is 5.03. The number of rotatable bonds is 3. The molecule has 0 spiro atoms. The molecule has 1 aromatic rings. The van der Waals surface area contributed by atoms with Gasteiger partial charge in [-0.3, -0.25) is 4.90 Å². The highest BCUT2D eigenvalue weighted by molar-refractivity contribution is 5.87. The zero-order valence-electron chi connectivity index (χ0n) is 11.2. The summed E-state index contributed by atoms with van der Waals surface area (Å²) in [6.07, 6.45) is 1.92. The van der Waals surface area contributed by atoms with Crippen molar-refractivity contribution in [1.82, 2.24) is 4.90 Å². The second kappa shape index (κ2) is 6.01. The average Bonchev–Trinajstić information content (AvgIpc) is 2.46. The molecule has 18 heavy (non-hydrogen) atoms. The first kappa shape index (κ1) is 13.1. The van der Waals surface area contributed by atoms with Crippen molar-refractivity contribution in [1.29, 1.82) is 0 Å². The quantitative estimate of drug-likeness (QED) is 0.656. The van der Waals surface area contributed by atoms with Gasteiger partial charge in [0.05, 0.1) is 5.71 Å². The van der Waals surface area contributed by atoms with Gasteiger partial charge in [-0.15, -0.1) is 0 Å². The van der Waals surface area contributed by atoms with Gasteiger partial charge in [-0.25, -0.2) is 0 Å². The van der Waals surface area contributed by atoms with E-state index in [1.54, 1.807) is 0 Å². The Morgan fingerprint density at radius 1 is 1.39 bits per heavy atom. The number of hydrogen-bond donors (Lipinski definition) is 1. The fraction of sp³-hybridized carbons (Fsp3) is 0.533. The van der Waals surface area contributed by atoms with E-state index in [0.29, 0.717) is 12.0 Å². The van der Waals surface area contributed by atoms with Gasteiger partial charge < -0.3 is 5.21 Å². The van der Waals surface area contributed by atoms with Crippen molar-refractivity contribution >= 4 is 5.71 Å². The van der Waals surface area contributed by atoms with Gasteiger partial charge in [0.25, 0.3) is 0 Å². The molecule has 0 saturated carbocycles. The maximum atomic E-state index is 9.00. The van der Waals surface area contributed by atoms with E-state index in [1.165, 1.54) is 5.56 Å². The first-order chi connectivity index (χ1) is 8.76. The molecular weight excluding hydrogens is 224 g/mol. The van der Waals surface area contributed by atoms with Crippen molar-refractivity contribution < 1.29 is 5.21 Å². The van der Waals surface area contributed by atoms with Crippen LogP contribution >= 0.6 is 0 Å². The minimum absolute atomic E-state index is 0.398. The van der Waals surface area contributed by atoms with E-state index >= 15 is 0 Å². The van der Waals surface area contributed by atoms with Crippen molar-refractivity contribution in [2.75, 3.05) is 13.1 Å². The van der Waals surface area contributed by atoms with E-state index < -0.39 is 0 Å². The number of hydrogen-bond acceptors (Lipinski definition) is 3. The molecule has 0 radical (unpaired) electrons. The first-order valence-corrected chi connectivity index (χ1v) is 6.76. The van der Waals surface area contributed by atoms with Crippen LogP contribution in [0.15, 0.2) is 35.5 Å². The van der Waals surface area contributed by atoms with E-state index in [2.05, 4.69) is 54.2 Å². The Labute approximate surface area is 109 Å². The van der Waals surface area contributed by atoms with Crippen LogP contribution in [0, 0.1) is 5.92 Å². The molecule has 2 atom stereocenters. The molecule has 98 valence electrons. The van der Waals surface area contributed by atoms with Crippen LogP contribution in [-0.2, 0) is 0 Å². The lowest BCUT2D eigenvalue weighted by Gasteiger charge is -2.37. The summed E-state index contributed by atoms with van der Waals surface area (Å²) in [5.74, 6) is 0.398. The lowest BCUT2D eigenvalue weighted by molar-refractivity contribution is 0.177. The largest absolute Gasteiger partial charge is 0.411 e. The molecular formula is C15H22N2O. The molecule has 3 heteroatoms. The molecule has 1 heterocycles. The maximum Gasteiger partial charge on any atom is 0.0627 e. The summed E-state index contributed by atoms with van der Waals surface area (Å²) in [5.41, 5.74) is 2.32.